The quantitative estimate of drug-likeness (QED) is 0.658. The highest BCUT2D eigenvalue weighted by atomic mass is 16.3. The third kappa shape index (κ3) is 3.85. The Balaban J connectivity index is 1.59. The molecule has 1 saturated carbocycles. The summed E-state index contributed by atoms with van der Waals surface area (Å²) < 4.78 is 5.19. The van der Waals surface area contributed by atoms with Crippen LogP contribution in [0.15, 0.2) is 52.2 Å². The Bertz CT molecular complexity index is 729. The number of carbonyl (C=O) groups excluding carboxylic acids is 2. The molecule has 0 saturated heterocycles. The van der Waals surface area contributed by atoms with Crippen molar-refractivity contribution in [1.82, 2.24) is 5.43 Å². The Kier molecular flexibility index (Phi) is 4.23. The van der Waals surface area contributed by atoms with Crippen molar-refractivity contribution in [3.8, 4) is 0 Å². The van der Waals surface area contributed by atoms with Gasteiger partial charge in [-0.2, -0.15) is 5.10 Å². The largest absolute Gasteiger partial charge is 0.463 e. The normalized spacial score (nSPS) is 14.4. The van der Waals surface area contributed by atoms with Gasteiger partial charge in [0.2, 0.25) is 5.91 Å². The molecule has 0 atom stereocenters. The number of anilines is 1. The first-order valence-electron chi connectivity index (χ1n) is 7.43. The van der Waals surface area contributed by atoms with E-state index in [4.69, 9.17) is 4.42 Å². The summed E-state index contributed by atoms with van der Waals surface area (Å²) >= 11 is 0. The van der Waals surface area contributed by atoms with E-state index in [1.54, 1.807) is 49.6 Å². The summed E-state index contributed by atoms with van der Waals surface area (Å²) in [6, 6.07) is 10.2. The van der Waals surface area contributed by atoms with Crippen molar-refractivity contribution < 1.29 is 14.0 Å². The molecule has 0 bridgehead atoms. The van der Waals surface area contributed by atoms with E-state index in [9.17, 15) is 9.59 Å². The van der Waals surface area contributed by atoms with Crippen LogP contribution in [0.2, 0.25) is 0 Å². The summed E-state index contributed by atoms with van der Waals surface area (Å²) in [6.45, 7) is 1.75. The number of benzene rings is 1. The number of nitrogens with one attached hydrogen (secondary N) is 2. The SMILES string of the molecule is C/C(=N\NC(=O)c1ccc(NC(=O)C2CC2)cc1)c1ccco1. The summed E-state index contributed by atoms with van der Waals surface area (Å²) in [7, 11) is 0. The van der Waals surface area contributed by atoms with E-state index in [0.717, 1.165) is 12.8 Å². The fraction of sp³-hybridized carbons (Fsp3) is 0.235. The zero-order chi connectivity index (χ0) is 16.2. The van der Waals surface area contributed by atoms with Gasteiger partial charge in [-0.05, 0) is 56.2 Å². The van der Waals surface area contributed by atoms with Crippen LogP contribution >= 0.6 is 0 Å². The number of hydrazone groups is 1. The molecule has 23 heavy (non-hydrogen) atoms. The van der Waals surface area contributed by atoms with Crippen LogP contribution in [0.5, 0.6) is 0 Å². The molecule has 0 unspecified atom stereocenters. The van der Waals surface area contributed by atoms with Crippen LogP contribution < -0.4 is 10.7 Å². The van der Waals surface area contributed by atoms with Gasteiger partial charge in [-0.1, -0.05) is 0 Å². The van der Waals surface area contributed by atoms with Crippen LogP contribution in [0, 0.1) is 5.92 Å². The Labute approximate surface area is 133 Å². The van der Waals surface area contributed by atoms with Gasteiger partial charge in [-0.3, -0.25) is 9.59 Å². The van der Waals surface area contributed by atoms with E-state index < -0.39 is 0 Å². The van der Waals surface area contributed by atoms with Crippen molar-refractivity contribution in [2.75, 3.05) is 5.32 Å². The van der Waals surface area contributed by atoms with Gasteiger partial charge >= 0.3 is 0 Å². The molecule has 1 heterocycles. The van der Waals surface area contributed by atoms with Crippen molar-refractivity contribution in [2.45, 2.75) is 19.8 Å². The second-order valence-electron chi connectivity index (χ2n) is 5.46. The number of hydrogen-bond donors (Lipinski definition) is 2. The third-order valence-electron chi connectivity index (χ3n) is 3.57. The van der Waals surface area contributed by atoms with E-state index >= 15 is 0 Å². The summed E-state index contributed by atoms with van der Waals surface area (Å²) in [5.74, 6) is 0.470. The fourth-order valence-electron chi connectivity index (χ4n) is 2.03. The molecule has 118 valence electrons. The molecule has 2 aromatic rings. The molecule has 1 fully saturated rings. The second kappa shape index (κ2) is 6.48. The lowest BCUT2D eigenvalue weighted by atomic mass is 10.2. The zero-order valence-corrected chi connectivity index (χ0v) is 12.7. The summed E-state index contributed by atoms with van der Waals surface area (Å²) in [4.78, 5) is 23.7. The lowest BCUT2D eigenvalue weighted by Crippen LogP contribution is -2.19. The lowest BCUT2D eigenvalue weighted by molar-refractivity contribution is -0.117. The van der Waals surface area contributed by atoms with Crippen LogP contribution in [0.4, 0.5) is 5.69 Å². The average molecular weight is 311 g/mol. The second-order valence-corrected chi connectivity index (χ2v) is 5.46. The molecule has 1 aliphatic rings. The molecule has 6 nitrogen and oxygen atoms in total. The topological polar surface area (TPSA) is 83.7 Å². The Morgan fingerprint density at radius 3 is 2.52 bits per heavy atom. The zero-order valence-electron chi connectivity index (χ0n) is 12.7. The van der Waals surface area contributed by atoms with E-state index in [1.165, 1.54) is 0 Å². The Morgan fingerprint density at radius 1 is 1.17 bits per heavy atom. The minimum absolute atomic E-state index is 0.0425. The van der Waals surface area contributed by atoms with Crippen LogP contribution in [-0.2, 0) is 4.79 Å². The highest BCUT2D eigenvalue weighted by Crippen LogP contribution is 2.30. The van der Waals surface area contributed by atoms with Gasteiger partial charge in [0.25, 0.3) is 5.91 Å². The maximum absolute atomic E-state index is 12.0. The van der Waals surface area contributed by atoms with Gasteiger partial charge in [-0.25, -0.2) is 5.43 Å². The van der Waals surface area contributed by atoms with E-state index in [0.29, 0.717) is 22.7 Å². The maximum Gasteiger partial charge on any atom is 0.271 e. The van der Waals surface area contributed by atoms with Crippen LogP contribution in [0.25, 0.3) is 0 Å². The molecule has 3 rings (SSSR count). The third-order valence-corrected chi connectivity index (χ3v) is 3.57. The molecule has 1 aromatic heterocycles. The number of nitrogens with zero attached hydrogens (tertiary/aromatic N) is 1. The van der Waals surface area contributed by atoms with Crippen LogP contribution in [0.3, 0.4) is 0 Å². The minimum Gasteiger partial charge on any atom is -0.463 e. The first-order valence-corrected chi connectivity index (χ1v) is 7.43. The van der Waals surface area contributed by atoms with Crippen LogP contribution in [-0.4, -0.2) is 17.5 Å². The van der Waals surface area contributed by atoms with Gasteiger partial charge < -0.3 is 9.73 Å². The van der Waals surface area contributed by atoms with Crippen molar-refractivity contribution in [3.63, 3.8) is 0 Å². The highest BCUT2D eigenvalue weighted by Gasteiger charge is 2.29. The monoisotopic (exact) mass is 311 g/mol. The molecule has 1 aliphatic carbocycles. The molecular formula is C17H17N3O3. The van der Waals surface area contributed by atoms with Crippen molar-refractivity contribution in [1.29, 1.82) is 0 Å². The first-order chi connectivity index (χ1) is 11.1. The van der Waals surface area contributed by atoms with Crippen LogP contribution in [0.1, 0.15) is 35.9 Å². The maximum atomic E-state index is 12.0. The lowest BCUT2D eigenvalue weighted by Gasteiger charge is -2.05. The predicted octanol–water partition coefficient (Wildman–Crippen LogP) is 2.78. The Morgan fingerprint density at radius 2 is 1.91 bits per heavy atom. The Hall–Kier alpha value is -2.89. The number of rotatable bonds is 5. The number of furan rings is 1. The smallest absolute Gasteiger partial charge is 0.271 e. The fourth-order valence-corrected chi connectivity index (χ4v) is 2.03. The first kappa shape index (κ1) is 15.0. The number of amides is 2. The molecule has 2 amide bonds. The van der Waals surface area contributed by atoms with E-state index in [-0.39, 0.29) is 17.7 Å². The van der Waals surface area contributed by atoms with E-state index in [2.05, 4.69) is 15.8 Å². The molecular weight excluding hydrogens is 294 g/mol. The van der Waals surface area contributed by atoms with Gasteiger partial charge in [0.1, 0.15) is 11.5 Å². The minimum atomic E-state index is -0.323. The molecule has 0 radical (unpaired) electrons. The van der Waals surface area contributed by atoms with E-state index in [1.807, 2.05) is 0 Å². The molecule has 0 aliphatic heterocycles. The standard InChI is InChI=1S/C17H17N3O3/c1-11(15-3-2-10-23-15)19-20-17(22)13-6-8-14(9-7-13)18-16(21)12-4-5-12/h2-3,6-10,12H,4-5H2,1H3,(H,18,21)(H,20,22)/b19-11+. The van der Waals surface area contributed by atoms with Gasteiger partial charge in [0.05, 0.1) is 6.26 Å². The van der Waals surface area contributed by atoms with Gasteiger partial charge in [0.15, 0.2) is 0 Å². The average Bonchev–Trinajstić information content (AvgIpc) is 3.28. The van der Waals surface area contributed by atoms with Gasteiger partial charge in [-0.15, -0.1) is 0 Å². The molecule has 1 aromatic carbocycles. The van der Waals surface area contributed by atoms with Crippen molar-refractivity contribution in [3.05, 3.63) is 54.0 Å². The van der Waals surface area contributed by atoms with Crippen molar-refractivity contribution >= 4 is 23.2 Å². The summed E-state index contributed by atoms with van der Waals surface area (Å²) in [5.41, 5.74) is 4.21. The number of carbonyl (C=O) groups is 2. The number of hydrogen-bond acceptors (Lipinski definition) is 4. The summed E-state index contributed by atoms with van der Waals surface area (Å²) in [5, 5.41) is 6.83. The molecule has 0 spiro atoms. The molecule has 6 heteroatoms. The highest BCUT2D eigenvalue weighted by molar-refractivity contribution is 5.99. The predicted molar refractivity (Wildman–Crippen MR) is 86.2 cm³/mol. The van der Waals surface area contributed by atoms with Crippen molar-refractivity contribution in [2.24, 2.45) is 11.0 Å². The summed E-state index contributed by atoms with van der Waals surface area (Å²) in [6.07, 6.45) is 3.46. The van der Waals surface area contributed by atoms with Gasteiger partial charge in [0, 0.05) is 17.2 Å². The molecule has 2 N–H and O–H groups in total.